The zero-order valence-corrected chi connectivity index (χ0v) is 9.39. The number of unbranched alkanes of at least 4 members (excludes halogenated alkanes) is 1. The summed E-state index contributed by atoms with van der Waals surface area (Å²) in [7, 11) is 0. The molecule has 0 amide bonds. The van der Waals surface area contributed by atoms with Crippen molar-refractivity contribution < 1.29 is 20.4 Å². The van der Waals surface area contributed by atoms with Crippen molar-refractivity contribution in [2.45, 2.75) is 25.3 Å². The molecular formula is C10H23NO4. The molecule has 0 aliphatic carbocycles. The van der Waals surface area contributed by atoms with Crippen LogP contribution in [0.15, 0.2) is 0 Å². The monoisotopic (exact) mass is 221 g/mol. The second-order valence-electron chi connectivity index (χ2n) is 3.76. The number of hydrogen-bond donors (Lipinski definition) is 4. The van der Waals surface area contributed by atoms with Crippen LogP contribution in [0.25, 0.3) is 0 Å². The van der Waals surface area contributed by atoms with Gasteiger partial charge in [-0.25, -0.2) is 0 Å². The molecule has 4 N–H and O–H groups in total. The molecule has 0 aromatic carbocycles. The predicted molar refractivity (Wildman–Crippen MR) is 57.6 cm³/mol. The van der Waals surface area contributed by atoms with Crippen LogP contribution in [0.3, 0.4) is 0 Å². The largest absolute Gasteiger partial charge is 0.395 e. The standard InChI is InChI=1S/C10H23NO4/c1-2-3-4-11(5-6-12)10(7-13,8-14)9-15/h12-15H,2-9H2,1H3. The molecule has 0 unspecified atom stereocenters. The Hall–Kier alpha value is -0.200. The van der Waals surface area contributed by atoms with Gasteiger partial charge >= 0.3 is 0 Å². The van der Waals surface area contributed by atoms with Gasteiger partial charge in [-0.1, -0.05) is 13.3 Å². The average molecular weight is 221 g/mol. The molecule has 0 fully saturated rings. The fraction of sp³-hybridized carbons (Fsp3) is 1.00. The molecular weight excluding hydrogens is 198 g/mol. The van der Waals surface area contributed by atoms with Crippen molar-refractivity contribution in [2.24, 2.45) is 0 Å². The topological polar surface area (TPSA) is 84.2 Å². The maximum Gasteiger partial charge on any atom is 0.0907 e. The molecule has 0 radical (unpaired) electrons. The van der Waals surface area contributed by atoms with Crippen molar-refractivity contribution in [1.29, 1.82) is 0 Å². The first-order valence-electron chi connectivity index (χ1n) is 5.39. The van der Waals surface area contributed by atoms with Gasteiger partial charge in [0.15, 0.2) is 0 Å². The minimum atomic E-state index is -1.02. The van der Waals surface area contributed by atoms with E-state index in [4.69, 9.17) is 5.11 Å². The van der Waals surface area contributed by atoms with E-state index in [1.807, 2.05) is 6.92 Å². The first-order valence-corrected chi connectivity index (χ1v) is 5.39. The van der Waals surface area contributed by atoms with Gasteiger partial charge in [-0.2, -0.15) is 0 Å². The fourth-order valence-corrected chi connectivity index (χ4v) is 1.51. The van der Waals surface area contributed by atoms with Crippen molar-refractivity contribution in [3.8, 4) is 0 Å². The SMILES string of the molecule is CCCCN(CCO)C(CO)(CO)CO. The average Bonchev–Trinajstić information content (AvgIpc) is 2.28. The van der Waals surface area contributed by atoms with E-state index >= 15 is 0 Å². The highest BCUT2D eigenvalue weighted by molar-refractivity contribution is 4.89. The van der Waals surface area contributed by atoms with Crippen LogP contribution in [0, 0.1) is 0 Å². The number of aliphatic hydroxyl groups excluding tert-OH is 4. The lowest BCUT2D eigenvalue weighted by Gasteiger charge is -2.40. The van der Waals surface area contributed by atoms with Gasteiger partial charge in [0.2, 0.25) is 0 Å². The smallest absolute Gasteiger partial charge is 0.0907 e. The van der Waals surface area contributed by atoms with Crippen LogP contribution in [0.5, 0.6) is 0 Å². The lowest BCUT2D eigenvalue weighted by atomic mass is 10.00. The molecule has 0 spiro atoms. The second-order valence-corrected chi connectivity index (χ2v) is 3.76. The Morgan fingerprint density at radius 1 is 0.933 bits per heavy atom. The Morgan fingerprint density at radius 3 is 1.80 bits per heavy atom. The minimum Gasteiger partial charge on any atom is -0.395 e. The maximum absolute atomic E-state index is 9.23. The molecule has 0 aromatic rings. The molecule has 15 heavy (non-hydrogen) atoms. The van der Waals surface area contributed by atoms with E-state index in [9.17, 15) is 15.3 Å². The number of rotatable bonds is 9. The first-order chi connectivity index (χ1) is 7.20. The zero-order chi connectivity index (χ0) is 11.7. The predicted octanol–water partition coefficient (Wildman–Crippen LogP) is -1.20. The van der Waals surface area contributed by atoms with E-state index in [1.165, 1.54) is 0 Å². The van der Waals surface area contributed by atoms with Gasteiger partial charge in [0.05, 0.1) is 32.0 Å². The highest BCUT2D eigenvalue weighted by atomic mass is 16.3. The third-order valence-corrected chi connectivity index (χ3v) is 2.71. The Morgan fingerprint density at radius 2 is 1.47 bits per heavy atom. The third-order valence-electron chi connectivity index (χ3n) is 2.71. The summed E-state index contributed by atoms with van der Waals surface area (Å²) in [6.07, 6.45) is 1.89. The highest BCUT2D eigenvalue weighted by Gasteiger charge is 2.34. The lowest BCUT2D eigenvalue weighted by Crippen LogP contribution is -2.58. The van der Waals surface area contributed by atoms with E-state index in [-0.39, 0.29) is 26.4 Å². The van der Waals surface area contributed by atoms with Gasteiger partial charge in [0.1, 0.15) is 0 Å². The van der Waals surface area contributed by atoms with Gasteiger partial charge in [-0.15, -0.1) is 0 Å². The molecule has 0 bridgehead atoms. The third kappa shape index (κ3) is 4.04. The molecule has 92 valence electrons. The number of hydrogen-bond acceptors (Lipinski definition) is 5. The van der Waals surface area contributed by atoms with Gasteiger partial charge in [-0.3, -0.25) is 4.90 Å². The summed E-state index contributed by atoms with van der Waals surface area (Å²) in [6, 6.07) is 0. The molecule has 0 aliphatic rings. The molecule has 5 nitrogen and oxygen atoms in total. The van der Waals surface area contributed by atoms with Crippen molar-refractivity contribution in [3.63, 3.8) is 0 Å². The number of aliphatic hydroxyl groups is 4. The van der Waals surface area contributed by atoms with Crippen LogP contribution < -0.4 is 0 Å². The molecule has 5 heteroatoms. The second kappa shape index (κ2) is 8.01. The zero-order valence-electron chi connectivity index (χ0n) is 9.39. The normalized spacial score (nSPS) is 12.4. The minimum absolute atomic E-state index is 0.0501. The summed E-state index contributed by atoms with van der Waals surface area (Å²) in [5.41, 5.74) is -1.02. The summed E-state index contributed by atoms with van der Waals surface area (Å²) >= 11 is 0. The van der Waals surface area contributed by atoms with Crippen LogP contribution in [-0.2, 0) is 0 Å². The summed E-state index contributed by atoms with van der Waals surface area (Å²) in [5.74, 6) is 0. The first kappa shape index (κ1) is 14.8. The molecule has 0 aliphatic heterocycles. The van der Waals surface area contributed by atoms with E-state index < -0.39 is 5.54 Å². The molecule has 0 heterocycles. The van der Waals surface area contributed by atoms with Crippen LogP contribution in [-0.4, -0.2) is 70.4 Å². The van der Waals surface area contributed by atoms with E-state index in [1.54, 1.807) is 4.90 Å². The molecule has 0 aromatic heterocycles. The number of nitrogens with zero attached hydrogens (tertiary/aromatic N) is 1. The van der Waals surface area contributed by atoms with Crippen molar-refractivity contribution in [2.75, 3.05) is 39.5 Å². The Balaban J connectivity index is 4.50. The van der Waals surface area contributed by atoms with Crippen LogP contribution in [0.2, 0.25) is 0 Å². The Bertz CT molecular complexity index is 142. The van der Waals surface area contributed by atoms with Crippen LogP contribution >= 0.6 is 0 Å². The highest BCUT2D eigenvalue weighted by Crippen LogP contribution is 2.14. The summed E-state index contributed by atoms with van der Waals surface area (Å²) in [6.45, 7) is 2.04. The molecule has 0 rings (SSSR count). The number of β-amino-alcohol motifs (C(OH)–C–C–N with tert-alkyl or cyclic N) is 1. The van der Waals surface area contributed by atoms with Crippen molar-refractivity contribution >= 4 is 0 Å². The fourth-order valence-electron chi connectivity index (χ4n) is 1.51. The van der Waals surface area contributed by atoms with Gasteiger partial charge in [0.25, 0.3) is 0 Å². The van der Waals surface area contributed by atoms with Gasteiger partial charge < -0.3 is 20.4 Å². The van der Waals surface area contributed by atoms with Gasteiger partial charge in [-0.05, 0) is 13.0 Å². The maximum atomic E-state index is 9.23. The summed E-state index contributed by atoms with van der Waals surface area (Å²) in [4.78, 5) is 1.75. The molecule has 0 atom stereocenters. The van der Waals surface area contributed by atoms with Crippen LogP contribution in [0.4, 0.5) is 0 Å². The molecule has 0 saturated heterocycles. The Labute approximate surface area is 91.0 Å². The van der Waals surface area contributed by atoms with E-state index in [0.29, 0.717) is 13.1 Å². The Kier molecular flexibility index (Phi) is 7.90. The molecule has 0 saturated carbocycles. The summed E-state index contributed by atoms with van der Waals surface area (Å²) in [5, 5.41) is 36.6. The van der Waals surface area contributed by atoms with E-state index in [2.05, 4.69) is 0 Å². The van der Waals surface area contributed by atoms with Crippen molar-refractivity contribution in [1.82, 2.24) is 4.90 Å². The lowest BCUT2D eigenvalue weighted by molar-refractivity contribution is -0.0534. The van der Waals surface area contributed by atoms with E-state index in [0.717, 1.165) is 12.8 Å². The summed E-state index contributed by atoms with van der Waals surface area (Å²) < 4.78 is 0. The van der Waals surface area contributed by atoms with Crippen molar-refractivity contribution in [3.05, 3.63) is 0 Å². The van der Waals surface area contributed by atoms with Crippen LogP contribution in [0.1, 0.15) is 19.8 Å². The van der Waals surface area contributed by atoms with Gasteiger partial charge in [0, 0.05) is 6.54 Å². The quantitative estimate of drug-likeness (QED) is 0.393.